The highest BCUT2D eigenvalue weighted by atomic mass is 16.5. The first-order valence-corrected chi connectivity index (χ1v) is 18.5. The van der Waals surface area contributed by atoms with Crippen LogP contribution in [0.4, 0.5) is 5.69 Å². The molecule has 0 saturated carbocycles. The number of benzene rings is 4. The smallest absolute Gasteiger partial charge is 0.259 e. The Kier molecular flexibility index (Phi) is 9.97. The molecule has 4 aromatic carbocycles. The Bertz CT molecular complexity index is 2010. The molecule has 0 radical (unpaired) electrons. The highest BCUT2D eigenvalue weighted by Gasteiger charge is 2.29. The lowest BCUT2D eigenvalue weighted by atomic mass is 9.87. The molecule has 10 heteroatoms. The van der Waals surface area contributed by atoms with Crippen LogP contribution < -0.4 is 15.0 Å². The van der Waals surface area contributed by atoms with Crippen LogP contribution in [0.5, 0.6) is 5.75 Å². The monoisotopic (exact) mass is 686 g/mol. The number of H-pyrrole nitrogens is 1. The lowest BCUT2D eigenvalue weighted by Gasteiger charge is -2.34. The van der Waals surface area contributed by atoms with Crippen LogP contribution >= 0.6 is 0 Å². The van der Waals surface area contributed by atoms with Crippen molar-refractivity contribution in [1.29, 1.82) is 0 Å². The summed E-state index contributed by atoms with van der Waals surface area (Å²) >= 11 is 0. The Morgan fingerprint density at radius 1 is 0.765 bits per heavy atom. The molecule has 1 aromatic heterocycles. The Balaban J connectivity index is 0.728. The van der Waals surface area contributed by atoms with E-state index in [1.54, 1.807) is 0 Å². The van der Waals surface area contributed by atoms with E-state index < -0.39 is 0 Å². The third-order valence-electron chi connectivity index (χ3n) is 10.6. The normalized spacial score (nSPS) is 17.0. The molecular weight excluding hydrogens is 640 g/mol. The first kappa shape index (κ1) is 33.4. The van der Waals surface area contributed by atoms with Crippen molar-refractivity contribution in [3.63, 3.8) is 0 Å². The van der Waals surface area contributed by atoms with Gasteiger partial charge < -0.3 is 29.2 Å². The van der Waals surface area contributed by atoms with Crippen molar-refractivity contribution in [2.75, 3.05) is 77.1 Å². The highest BCUT2D eigenvalue weighted by molar-refractivity contribution is 6.22. The molecule has 0 spiro atoms. The first-order chi connectivity index (χ1) is 25.1. The van der Waals surface area contributed by atoms with E-state index in [4.69, 9.17) is 14.5 Å². The topological polar surface area (TPSA) is 103 Å². The number of anilines is 1. The molecule has 2 N–H and O–H groups in total. The number of hydrogen-bond acceptors (Lipinski definition) is 8. The van der Waals surface area contributed by atoms with Gasteiger partial charge in [-0.15, -0.1) is 0 Å². The maximum Gasteiger partial charge on any atom is 0.259 e. The number of aromatic nitrogens is 2. The number of imidazole rings is 1. The van der Waals surface area contributed by atoms with Gasteiger partial charge in [0.05, 0.1) is 36.4 Å². The van der Waals surface area contributed by atoms with Crippen molar-refractivity contribution in [1.82, 2.24) is 25.1 Å². The van der Waals surface area contributed by atoms with E-state index in [9.17, 15) is 9.59 Å². The van der Waals surface area contributed by atoms with Crippen molar-refractivity contribution < 1.29 is 19.1 Å². The van der Waals surface area contributed by atoms with E-state index in [0.29, 0.717) is 17.7 Å². The average molecular weight is 687 g/mol. The van der Waals surface area contributed by atoms with Gasteiger partial charge in [0.25, 0.3) is 11.8 Å². The standard InChI is InChI=1S/C41H46N6O4/c48-40-35-27-30-7-1-2-8-33(30)38(41(49)44-40)34(35)9-3-4-16-45-18-20-46(21-19-45)17-5-6-24-51-32-13-10-29(11-14-32)39-42-36-15-12-31(28-37(36)43-39)47-22-25-50-26-23-47/h1-2,7-8,10-15,27-28H,3-6,9,16-26H2,(H,42,43)(H,44,48,49). The van der Waals surface area contributed by atoms with Crippen LogP contribution in [0, 0.1) is 0 Å². The van der Waals surface area contributed by atoms with Crippen molar-refractivity contribution in [3.05, 3.63) is 89.5 Å². The van der Waals surface area contributed by atoms with Gasteiger partial charge in [-0.1, -0.05) is 24.3 Å². The minimum Gasteiger partial charge on any atom is -0.494 e. The molecule has 2 saturated heterocycles. The first-order valence-electron chi connectivity index (χ1n) is 18.5. The quantitative estimate of drug-likeness (QED) is 0.117. The Hall–Kier alpha value is -4.77. The molecule has 5 aromatic rings. The predicted molar refractivity (Wildman–Crippen MR) is 201 cm³/mol. The number of unbranched alkanes of at least 4 members (excludes halogenated alkanes) is 2. The van der Waals surface area contributed by atoms with Crippen LogP contribution in [-0.4, -0.2) is 104 Å². The van der Waals surface area contributed by atoms with Gasteiger partial charge in [0, 0.05) is 56.1 Å². The van der Waals surface area contributed by atoms with Crippen molar-refractivity contribution in [2.24, 2.45) is 0 Å². The number of carbonyl (C=O) groups excluding carboxylic acids is 2. The van der Waals surface area contributed by atoms with Gasteiger partial charge in [0.2, 0.25) is 0 Å². The maximum atomic E-state index is 12.8. The highest BCUT2D eigenvalue weighted by Crippen LogP contribution is 2.31. The molecule has 2 bridgehead atoms. The van der Waals surface area contributed by atoms with Crippen LogP contribution in [0.1, 0.15) is 52.0 Å². The number of imide groups is 1. The second kappa shape index (κ2) is 15.2. The number of amides is 2. The zero-order valence-corrected chi connectivity index (χ0v) is 29.2. The molecule has 2 amide bonds. The minimum atomic E-state index is -0.275. The fourth-order valence-corrected chi connectivity index (χ4v) is 7.71. The van der Waals surface area contributed by atoms with Gasteiger partial charge in [0.15, 0.2) is 0 Å². The van der Waals surface area contributed by atoms with Crippen molar-refractivity contribution in [2.45, 2.75) is 32.1 Å². The number of nitrogens with zero attached hydrogens (tertiary/aromatic N) is 4. The molecule has 0 atom stereocenters. The summed E-state index contributed by atoms with van der Waals surface area (Å²) in [6.45, 7) is 10.6. The summed E-state index contributed by atoms with van der Waals surface area (Å²) in [4.78, 5) is 41.1. The molecule has 2 fully saturated rings. The van der Waals surface area contributed by atoms with Gasteiger partial charge in [-0.2, -0.15) is 0 Å². The van der Waals surface area contributed by atoms with Crippen LogP contribution in [0.15, 0.2) is 72.8 Å². The average Bonchev–Trinajstić information content (AvgIpc) is 3.60. The number of ether oxygens (including phenoxy) is 2. The molecular formula is C41H46N6O4. The van der Waals surface area contributed by atoms with Crippen molar-refractivity contribution in [3.8, 4) is 17.1 Å². The number of morpholine rings is 1. The van der Waals surface area contributed by atoms with E-state index in [1.165, 1.54) is 5.69 Å². The zero-order valence-electron chi connectivity index (χ0n) is 29.2. The van der Waals surface area contributed by atoms with Gasteiger partial charge in [-0.25, -0.2) is 4.98 Å². The minimum absolute atomic E-state index is 0.269. The number of hydrogen-bond donors (Lipinski definition) is 2. The summed E-state index contributed by atoms with van der Waals surface area (Å²) in [7, 11) is 0. The van der Waals surface area contributed by atoms with Gasteiger partial charge in [-0.3, -0.25) is 14.9 Å². The Labute approximate surface area is 298 Å². The number of rotatable bonds is 13. The lowest BCUT2D eigenvalue weighted by molar-refractivity contribution is 0.0839. The largest absolute Gasteiger partial charge is 0.494 e. The summed E-state index contributed by atoms with van der Waals surface area (Å²) in [5, 5.41) is 4.39. The fraction of sp³-hybridized carbons (Fsp3) is 0.390. The third-order valence-corrected chi connectivity index (χ3v) is 10.6. The summed E-state index contributed by atoms with van der Waals surface area (Å²) < 4.78 is 11.6. The molecule has 10 nitrogen and oxygen atoms in total. The molecule has 8 rings (SSSR count). The van der Waals surface area contributed by atoms with Crippen LogP contribution in [-0.2, 0) is 11.2 Å². The van der Waals surface area contributed by atoms with Gasteiger partial charge >= 0.3 is 0 Å². The number of piperazine rings is 1. The van der Waals surface area contributed by atoms with E-state index in [-0.39, 0.29) is 11.8 Å². The maximum absolute atomic E-state index is 12.8. The van der Waals surface area contributed by atoms with E-state index in [1.807, 2.05) is 42.5 Å². The predicted octanol–water partition coefficient (Wildman–Crippen LogP) is 5.90. The summed E-state index contributed by atoms with van der Waals surface area (Å²) in [6, 6.07) is 24.4. The second-order valence-corrected chi connectivity index (χ2v) is 13.9. The summed E-state index contributed by atoms with van der Waals surface area (Å²) in [5.41, 5.74) is 6.50. The molecule has 3 aliphatic heterocycles. The molecule has 51 heavy (non-hydrogen) atoms. The molecule has 0 unspecified atom stereocenters. The van der Waals surface area contributed by atoms with Gasteiger partial charge in [-0.05, 0) is 110 Å². The van der Waals surface area contributed by atoms with E-state index in [0.717, 1.165) is 142 Å². The molecule has 3 aliphatic rings. The molecule has 0 aliphatic carbocycles. The number of aromatic amines is 1. The van der Waals surface area contributed by atoms with Crippen molar-refractivity contribution >= 4 is 39.3 Å². The number of fused-ring (bicyclic) bond motifs is 5. The third kappa shape index (κ3) is 7.49. The number of nitrogens with one attached hydrogen (secondary N) is 2. The van der Waals surface area contributed by atoms with Gasteiger partial charge in [0.1, 0.15) is 11.6 Å². The van der Waals surface area contributed by atoms with Crippen LogP contribution in [0.2, 0.25) is 0 Å². The SMILES string of the molecule is O=C1NC(=O)c2c(CCCCN3CCN(CCCCOc4ccc(-c5nc6ccc(N7CCOCC7)cc6[nH]5)cc4)CC3)c1cc1ccccc21. The lowest BCUT2D eigenvalue weighted by Crippen LogP contribution is -2.46. The van der Waals surface area contributed by atoms with E-state index in [2.05, 4.69) is 55.3 Å². The summed E-state index contributed by atoms with van der Waals surface area (Å²) in [6.07, 6.45) is 4.90. The second-order valence-electron chi connectivity index (χ2n) is 13.9. The fourth-order valence-electron chi connectivity index (χ4n) is 7.71. The Morgan fingerprint density at radius 3 is 2.29 bits per heavy atom. The van der Waals surface area contributed by atoms with Crippen LogP contribution in [0.25, 0.3) is 33.2 Å². The molecule has 264 valence electrons. The molecule has 4 heterocycles. The Morgan fingerprint density at radius 2 is 1.51 bits per heavy atom. The van der Waals surface area contributed by atoms with Crippen LogP contribution in [0.3, 0.4) is 0 Å². The van der Waals surface area contributed by atoms with E-state index >= 15 is 0 Å². The number of carbonyl (C=O) groups is 2. The zero-order chi connectivity index (χ0) is 34.6. The summed E-state index contributed by atoms with van der Waals surface area (Å²) in [5.74, 6) is 1.21.